The molecule has 0 unspecified atom stereocenters. The molecule has 0 atom stereocenters. The van der Waals surface area contributed by atoms with Crippen LogP contribution in [0.3, 0.4) is 0 Å². The van der Waals surface area contributed by atoms with Gasteiger partial charge < -0.3 is 10.2 Å². The van der Waals surface area contributed by atoms with E-state index in [2.05, 4.69) is 4.98 Å². The van der Waals surface area contributed by atoms with Gasteiger partial charge in [0.15, 0.2) is 11.7 Å². The van der Waals surface area contributed by atoms with Crippen molar-refractivity contribution in [2.75, 3.05) is 6.54 Å². The van der Waals surface area contributed by atoms with Gasteiger partial charge in [-0.3, -0.25) is 0 Å². The van der Waals surface area contributed by atoms with E-state index in [0.29, 0.717) is 25.3 Å². The number of aryl methyl sites for hydroxylation is 2. The van der Waals surface area contributed by atoms with Crippen molar-refractivity contribution >= 4 is 0 Å². The molecule has 0 spiro atoms. The standard InChI is InChI=1S/C9H14F2N2O/c1-6-8(9(2,10)11)14-7(13-6)4-3-5-12/h3-5,12H2,1-2H3. The Kier molecular flexibility index (Phi) is 3.21. The van der Waals surface area contributed by atoms with Crippen molar-refractivity contribution < 1.29 is 13.2 Å². The normalized spacial score (nSPS) is 12.1. The van der Waals surface area contributed by atoms with Gasteiger partial charge in [0, 0.05) is 13.3 Å². The van der Waals surface area contributed by atoms with E-state index in [1.165, 1.54) is 6.92 Å². The minimum absolute atomic E-state index is 0.254. The summed E-state index contributed by atoms with van der Waals surface area (Å²) in [5.41, 5.74) is 5.54. The number of alkyl halides is 2. The molecule has 2 N–H and O–H groups in total. The Bertz CT molecular complexity index is 304. The van der Waals surface area contributed by atoms with E-state index < -0.39 is 5.92 Å². The fourth-order valence-corrected chi connectivity index (χ4v) is 1.22. The van der Waals surface area contributed by atoms with Crippen molar-refractivity contribution in [2.24, 2.45) is 5.73 Å². The molecule has 0 aromatic carbocycles. The quantitative estimate of drug-likeness (QED) is 0.815. The zero-order chi connectivity index (χ0) is 10.8. The van der Waals surface area contributed by atoms with Crippen LogP contribution in [-0.4, -0.2) is 11.5 Å². The number of nitrogens with zero attached hydrogens (tertiary/aromatic N) is 1. The van der Waals surface area contributed by atoms with Crippen LogP contribution in [0.15, 0.2) is 4.42 Å². The molecule has 1 rings (SSSR count). The van der Waals surface area contributed by atoms with E-state index in [4.69, 9.17) is 10.2 Å². The Labute approximate surface area is 81.3 Å². The number of hydrogen-bond acceptors (Lipinski definition) is 3. The summed E-state index contributed by atoms with van der Waals surface area (Å²) in [4.78, 5) is 3.91. The molecule has 5 heteroatoms. The lowest BCUT2D eigenvalue weighted by Crippen LogP contribution is -2.07. The van der Waals surface area contributed by atoms with Crippen molar-refractivity contribution in [1.29, 1.82) is 0 Å². The summed E-state index contributed by atoms with van der Waals surface area (Å²) in [5, 5.41) is 0. The Morgan fingerprint density at radius 1 is 1.50 bits per heavy atom. The number of aromatic nitrogens is 1. The predicted molar refractivity (Wildman–Crippen MR) is 48.2 cm³/mol. The monoisotopic (exact) mass is 204 g/mol. The molecule has 0 aliphatic carbocycles. The second-order valence-corrected chi connectivity index (χ2v) is 3.30. The lowest BCUT2D eigenvalue weighted by atomic mass is 10.2. The molecular weight excluding hydrogens is 190 g/mol. The number of hydrogen-bond donors (Lipinski definition) is 1. The highest BCUT2D eigenvalue weighted by atomic mass is 19.3. The van der Waals surface area contributed by atoms with E-state index in [9.17, 15) is 8.78 Å². The van der Waals surface area contributed by atoms with E-state index in [-0.39, 0.29) is 11.5 Å². The minimum atomic E-state index is -2.96. The molecule has 0 saturated carbocycles. The number of oxazole rings is 1. The molecule has 0 aliphatic rings. The van der Waals surface area contributed by atoms with Gasteiger partial charge in [0.25, 0.3) is 0 Å². The van der Waals surface area contributed by atoms with Gasteiger partial charge in [0.2, 0.25) is 0 Å². The third-order valence-corrected chi connectivity index (χ3v) is 1.83. The van der Waals surface area contributed by atoms with Gasteiger partial charge in [-0.2, -0.15) is 8.78 Å². The molecule has 1 aromatic rings. The van der Waals surface area contributed by atoms with Crippen LogP contribution in [0.5, 0.6) is 0 Å². The minimum Gasteiger partial charge on any atom is -0.439 e. The average Bonchev–Trinajstić information content (AvgIpc) is 2.42. The van der Waals surface area contributed by atoms with Crippen molar-refractivity contribution in [1.82, 2.24) is 4.98 Å². The fraction of sp³-hybridized carbons (Fsp3) is 0.667. The number of halogens is 2. The first-order valence-electron chi connectivity index (χ1n) is 4.50. The van der Waals surface area contributed by atoms with Crippen molar-refractivity contribution in [3.63, 3.8) is 0 Å². The third kappa shape index (κ3) is 2.51. The van der Waals surface area contributed by atoms with Crippen LogP contribution in [0.1, 0.15) is 30.7 Å². The zero-order valence-electron chi connectivity index (χ0n) is 8.31. The summed E-state index contributed by atoms with van der Waals surface area (Å²) in [7, 11) is 0. The lowest BCUT2D eigenvalue weighted by Gasteiger charge is -2.05. The average molecular weight is 204 g/mol. The van der Waals surface area contributed by atoms with Crippen LogP contribution in [0.4, 0.5) is 8.78 Å². The van der Waals surface area contributed by atoms with Gasteiger partial charge in [0.05, 0.1) is 5.69 Å². The molecule has 0 aliphatic heterocycles. The van der Waals surface area contributed by atoms with Crippen LogP contribution in [0, 0.1) is 6.92 Å². The molecule has 0 bridgehead atoms. The van der Waals surface area contributed by atoms with Crippen LogP contribution in [0.25, 0.3) is 0 Å². The van der Waals surface area contributed by atoms with Crippen molar-refractivity contribution in [2.45, 2.75) is 32.6 Å². The van der Waals surface area contributed by atoms with Gasteiger partial charge in [-0.1, -0.05) is 0 Å². The highest BCUT2D eigenvalue weighted by Crippen LogP contribution is 2.30. The summed E-state index contributed by atoms with van der Waals surface area (Å²) in [6, 6.07) is 0. The molecule has 14 heavy (non-hydrogen) atoms. The van der Waals surface area contributed by atoms with Gasteiger partial charge in [-0.25, -0.2) is 4.98 Å². The molecular formula is C9H14F2N2O. The van der Waals surface area contributed by atoms with Crippen LogP contribution in [-0.2, 0) is 12.3 Å². The van der Waals surface area contributed by atoms with Crippen LogP contribution >= 0.6 is 0 Å². The van der Waals surface area contributed by atoms with Gasteiger partial charge >= 0.3 is 5.92 Å². The highest BCUT2D eigenvalue weighted by Gasteiger charge is 2.32. The first-order valence-corrected chi connectivity index (χ1v) is 4.50. The Morgan fingerprint density at radius 3 is 2.57 bits per heavy atom. The third-order valence-electron chi connectivity index (χ3n) is 1.83. The summed E-state index contributed by atoms with van der Waals surface area (Å²) in [6.45, 7) is 2.81. The van der Waals surface area contributed by atoms with E-state index >= 15 is 0 Å². The number of nitrogens with two attached hydrogens (primary N) is 1. The lowest BCUT2D eigenvalue weighted by molar-refractivity contribution is -0.00701. The molecule has 0 saturated heterocycles. The largest absolute Gasteiger partial charge is 0.439 e. The van der Waals surface area contributed by atoms with Gasteiger partial charge in [0.1, 0.15) is 0 Å². The van der Waals surface area contributed by atoms with Crippen molar-refractivity contribution in [3.05, 3.63) is 17.3 Å². The Balaban J connectivity index is 2.83. The number of rotatable bonds is 4. The molecule has 1 aromatic heterocycles. The summed E-state index contributed by atoms with van der Waals surface area (Å²) in [5.74, 6) is -2.97. The van der Waals surface area contributed by atoms with E-state index in [1.807, 2.05) is 0 Å². The van der Waals surface area contributed by atoms with Crippen LogP contribution in [0.2, 0.25) is 0 Å². The molecule has 3 nitrogen and oxygen atoms in total. The maximum Gasteiger partial charge on any atom is 0.303 e. The molecule has 80 valence electrons. The summed E-state index contributed by atoms with van der Waals surface area (Å²) < 4.78 is 30.7. The summed E-state index contributed by atoms with van der Waals surface area (Å²) >= 11 is 0. The van der Waals surface area contributed by atoms with Gasteiger partial charge in [-0.15, -0.1) is 0 Å². The highest BCUT2D eigenvalue weighted by molar-refractivity contribution is 5.12. The molecule has 0 amide bonds. The molecule has 1 heterocycles. The predicted octanol–water partition coefficient (Wildman–Crippen LogP) is 1.99. The first kappa shape index (κ1) is 11.1. The van der Waals surface area contributed by atoms with E-state index in [1.54, 1.807) is 0 Å². The molecule has 0 radical (unpaired) electrons. The SMILES string of the molecule is Cc1nc(CCCN)oc1C(C)(F)F. The Morgan fingerprint density at radius 2 is 2.14 bits per heavy atom. The second-order valence-electron chi connectivity index (χ2n) is 3.30. The maximum atomic E-state index is 12.9. The van der Waals surface area contributed by atoms with E-state index in [0.717, 1.165) is 6.92 Å². The van der Waals surface area contributed by atoms with Gasteiger partial charge in [-0.05, 0) is 19.9 Å². The Hall–Kier alpha value is -0.970. The zero-order valence-corrected chi connectivity index (χ0v) is 8.31. The smallest absolute Gasteiger partial charge is 0.303 e. The molecule has 0 fully saturated rings. The van der Waals surface area contributed by atoms with Crippen molar-refractivity contribution in [3.8, 4) is 0 Å². The first-order chi connectivity index (χ1) is 6.45. The fourth-order valence-electron chi connectivity index (χ4n) is 1.22. The summed E-state index contributed by atoms with van der Waals surface area (Å²) in [6.07, 6.45) is 1.20. The maximum absolute atomic E-state index is 12.9. The second kappa shape index (κ2) is 4.04. The van der Waals surface area contributed by atoms with Crippen LogP contribution < -0.4 is 5.73 Å². The topological polar surface area (TPSA) is 52.0 Å².